The van der Waals surface area contributed by atoms with Gasteiger partial charge in [-0.25, -0.2) is 4.57 Å². The van der Waals surface area contributed by atoms with Gasteiger partial charge in [0.25, 0.3) is 5.91 Å². The van der Waals surface area contributed by atoms with Crippen molar-refractivity contribution in [3.05, 3.63) is 90.5 Å². The number of aromatic amines is 1. The van der Waals surface area contributed by atoms with Crippen molar-refractivity contribution in [2.45, 2.75) is 19.0 Å². The van der Waals surface area contributed by atoms with Crippen LogP contribution in [0.5, 0.6) is 17.2 Å². The second-order valence-corrected chi connectivity index (χ2v) is 8.41. The number of aromatic nitrogens is 2. The third kappa shape index (κ3) is 5.35. The zero-order chi connectivity index (χ0) is 26.4. The number of imidazole rings is 1. The van der Waals surface area contributed by atoms with E-state index in [1.807, 2.05) is 17.1 Å². The first-order chi connectivity index (χ1) is 18.0. The van der Waals surface area contributed by atoms with Crippen LogP contribution in [0.1, 0.15) is 23.6 Å². The van der Waals surface area contributed by atoms with Crippen LogP contribution >= 0.6 is 0 Å². The maximum absolute atomic E-state index is 13.6. The minimum absolute atomic E-state index is 0.0914. The lowest BCUT2D eigenvalue weighted by atomic mass is 9.95. The number of hydrogen-bond donors (Lipinski definition) is 1. The molecule has 37 heavy (non-hydrogen) atoms. The number of ether oxygens (including phenoxy) is 3. The minimum Gasteiger partial charge on any atom is -0.872 e. The van der Waals surface area contributed by atoms with Crippen molar-refractivity contribution in [3.8, 4) is 17.2 Å². The van der Waals surface area contributed by atoms with Gasteiger partial charge in [-0.1, -0.05) is 36.6 Å². The second-order valence-electron chi connectivity index (χ2n) is 8.41. The molecule has 1 amide bonds. The highest BCUT2D eigenvalue weighted by Gasteiger charge is 2.44. The number of aryl methyl sites for hydroxylation is 1. The Labute approximate surface area is 215 Å². The Kier molecular flexibility index (Phi) is 7.92. The van der Waals surface area contributed by atoms with Gasteiger partial charge in [0, 0.05) is 18.5 Å². The van der Waals surface area contributed by atoms with E-state index in [0.717, 1.165) is 0 Å². The molecule has 1 saturated heterocycles. The fraction of sp³-hybridized carbons (Fsp3) is 0.250. The average molecular weight is 504 g/mol. The number of likely N-dealkylation sites (tertiary alicyclic amines) is 1. The number of nitrogens with one attached hydrogen (secondary N) is 1. The van der Waals surface area contributed by atoms with Crippen LogP contribution in [-0.4, -0.2) is 48.9 Å². The maximum atomic E-state index is 13.6. The molecule has 1 atom stereocenters. The summed E-state index contributed by atoms with van der Waals surface area (Å²) in [5.74, 6) is -0.504. The highest BCUT2D eigenvalue weighted by atomic mass is 16.5. The van der Waals surface area contributed by atoms with Gasteiger partial charge in [-0.3, -0.25) is 14.6 Å². The SMILES string of the molecule is C=CCOc1ccc(C([O-])=C2C(=O)C(=O)N(CCC[n+]3cc[nH]c3)C2c2ccc(OC)c(OC)c2)cc1. The highest BCUT2D eigenvalue weighted by molar-refractivity contribution is 6.46. The number of amides is 1. The van der Waals surface area contributed by atoms with Crippen molar-refractivity contribution in [2.75, 3.05) is 27.4 Å². The lowest BCUT2D eigenvalue weighted by Gasteiger charge is -2.28. The van der Waals surface area contributed by atoms with Gasteiger partial charge in [-0.05, 0) is 35.4 Å². The van der Waals surface area contributed by atoms with E-state index in [2.05, 4.69) is 11.6 Å². The van der Waals surface area contributed by atoms with Gasteiger partial charge >= 0.3 is 0 Å². The minimum atomic E-state index is -0.861. The number of hydrogen-bond acceptors (Lipinski definition) is 6. The molecule has 1 unspecified atom stereocenters. The predicted octanol–water partition coefficient (Wildman–Crippen LogP) is 2.20. The van der Waals surface area contributed by atoms with Crippen LogP contribution in [0, 0.1) is 0 Å². The smallest absolute Gasteiger partial charge is 0.295 e. The summed E-state index contributed by atoms with van der Waals surface area (Å²) in [5, 5.41) is 13.6. The number of H-pyrrole nitrogens is 1. The van der Waals surface area contributed by atoms with Gasteiger partial charge in [0.2, 0.25) is 12.1 Å². The zero-order valence-corrected chi connectivity index (χ0v) is 20.8. The van der Waals surface area contributed by atoms with Gasteiger partial charge in [0.1, 0.15) is 24.8 Å². The van der Waals surface area contributed by atoms with Gasteiger partial charge in [0.05, 0.1) is 26.8 Å². The summed E-state index contributed by atoms with van der Waals surface area (Å²) in [4.78, 5) is 30.9. The molecule has 0 bridgehead atoms. The quantitative estimate of drug-likeness (QED) is 0.141. The Morgan fingerprint density at radius 1 is 1.14 bits per heavy atom. The molecule has 4 rings (SSSR count). The monoisotopic (exact) mass is 503 g/mol. The van der Waals surface area contributed by atoms with Crippen molar-refractivity contribution < 1.29 is 33.5 Å². The number of carbonyl (C=O) groups is 2. The normalized spacial score (nSPS) is 16.6. The molecular weight excluding hydrogens is 474 g/mol. The summed E-state index contributed by atoms with van der Waals surface area (Å²) in [6.45, 7) is 4.86. The molecule has 2 heterocycles. The average Bonchev–Trinajstić information content (AvgIpc) is 3.53. The molecule has 0 spiro atoms. The first-order valence-corrected chi connectivity index (χ1v) is 11.8. The summed E-state index contributed by atoms with van der Waals surface area (Å²) in [5.41, 5.74) is 0.781. The molecule has 2 aromatic carbocycles. The highest BCUT2D eigenvalue weighted by Crippen LogP contribution is 2.41. The zero-order valence-electron chi connectivity index (χ0n) is 20.8. The van der Waals surface area contributed by atoms with E-state index < -0.39 is 23.5 Å². The van der Waals surface area contributed by atoms with Crippen LogP contribution in [-0.2, 0) is 16.1 Å². The van der Waals surface area contributed by atoms with E-state index in [9.17, 15) is 14.7 Å². The van der Waals surface area contributed by atoms with E-state index in [1.165, 1.54) is 19.1 Å². The molecule has 0 radical (unpaired) electrons. The Bertz CT molecular complexity index is 1300. The third-order valence-corrected chi connectivity index (χ3v) is 6.16. The van der Waals surface area contributed by atoms with Crippen molar-refractivity contribution in [1.29, 1.82) is 0 Å². The van der Waals surface area contributed by atoms with E-state index >= 15 is 0 Å². The standard InChI is InChI=1S/C28H29N3O6/c1-4-16-37-21-9-6-19(7-10-21)26(32)24-25(20-8-11-22(35-2)23(17-20)36-3)31(28(34)27(24)33)14-5-13-30-15-12-29-18-30/h4,6-12,15,17-18,25H,1,5,13-14,16H2,2-3H3,(H,32,33). The molecule has 3 aromatic rings. The van der Waals surface area contributed by atoms with E-state index in [4.69, 9.17) is 14.2 Å². The molecule has 1 aliphatic heterocycles. The first kappa shape index (κ1) is 25.6. The van der Waals surface area contributed by atoms with Gasteiger partial charge < -0.3 is 24.2 Å². The molecule has 1 N–H and O–H groups in total. The molecule has 1 aromatic heterocycles. The molecule has 9 nitrogen and oxygen atoms in total. The van der Waals surface area contributed by atoms with Crippen LogP contribution in [0.25, 0.3) is 5.76 Å². The van der Waals surface area contributed by atoms with E-state index in [1.54, 1.807) is 54.7 Å². The molecule has 0 aliphatic carbocycles. The van der Waals surface area contributed by atoms with Crippen LogP contribution in [0.3, 0.4) is 0 Å². The number of ketones is 1. The molecule has 9 heteroatoms. The summed E-state index contributed by atoms with van der Waals surface area (Å²) < 4.78 is 18.2. The number of nitrogens with zero attached hydrogens (tertiary/aromatic N) is 2. The van der Waals surface area contributed by atoms with Crippen LogP contribution < -0.4 is 23.9 Å². The maximum Gasteiger partial charge on any atom is 0.295 e. The predicted molar refractivity (Wildman–Crippen MR) is 134 cm³/mol. The molecule has 0 saturated carbocycles. The van der Waals surface area contributed by atoms with Crippen molar-refractivity contribution in [3.63, 3.8) is 0 Å². The Morgan fingerprint density at radius 3 is 2.54 bits per heavy atom. The summed E-state index contributed by atoms with van der Waals surface area (Å²) >= 11 is 0. The number of benzene rings is 2. The van der Waals surface area contributed by atoms with Gasteiger partial charge in [-0.2, -0.15) is 0 Å². The largest absolute Gasteiger partial charge is 0.872 e. The number of Topliss-reactive ketones (excluding diaryl/α,β-unsaturated/α-hetero) is 1. The van der Waals surface area contributed by atoms with Crippen molar-refractivity contribution in [1.82, 2.24) is 9.88 Å². The van der Waals surface area contributed by atoms with E-state index in [0.29, 0.717) is 42.4 Å². The second kappa shape index (κ2) is 11.5. The molecule has 1 aliphatic rings. The fourth-order valence-electron chi connectivity index (χ4n) is 4.37. The number of methoxy groups -OCH3 is 2. The number of rotatable bonds is 11. The Hall–Kier alpha value is -4.53. The third-order valence-electron chi connectivity index (χ3n) is 6.16. The lowest BCUT2D eigenvalue weighted by molar-refractivity contribution is -0.695. The topological polar surface area (TPSA) is 108 Å². The van der Waals surface area contributed by atoms with Gasteiger partial charge in [0.15, 0.2) is 11.5 Å². The van der Waals surface area contributed by atoms with Crippen molar-refractivity contribution in [2.24, 2.45) is 0 Å². The summed E-state index contributed by atoms with van der Waals surface area (Å²) in [6, 6.07) is 10.7. The van der Waals surface area contributed by atoms with Crippen LogP contribution in [0.15, 0.2) is 79.4 Å². The molecule has 1 fully saturated rings. The fourth-order valence-corrected chi connectivity index (χ4v) is 4.37. The number of carbonyl (C=O) groups excluding carboxylic acids is 2. The van der Waals surface area contributed by atoms with Crippen LogP contribution in [0.4, 0.5) is 0 Å². The lowest BCUT2D eigenvalue weighted by Crippen LogP contribution is -2.36. The Balaban J connectivity index is 1.74. The van der Waals surface area contributed by atoms with E-state index in [-0.39, 0.29) is 17.7 Å². The summed E-state index contributed by atoms with van der Waals surface area (Å²) in [6.07, 6.45) is 7.70. The molecule has 192 valence electrons. The first-order valence-electron chi connectivity index (χ1n) is 11.8. The van der Waals surface area contributed by atoms with Crippen LogP contribution in [0.2, 0.25) is 0 Å². The molecular formula is C28H29N3O6. The Morgan fingerprint density at radius 2 is 1.89 bits per heavy atom. The van der Waals surface area contributed by atoms with Gasteiger partial charge in [-0.15, -0.1) is 0 Å². The summed E-state index contributed by atoms with van der Waals surface area (Å²) in [7, 11) is 3.03. The van der Waals surface area contributed by atoms with Crippen molar-refractivity contribution >= 4 is 17.4 Å².